The molecule has 9 heteroatoms. The van der Waals surface area contributed by atoms with Crippen molar-refractivity contribution in [3.8, 4) is 33.8 Å². The third-order valence-electron chi connectivity index (χ3n) is 21.8. The molecule has 6 aromatic rings. The summed E-state index contributed by atoms with van der Waals surface area (Å²) >= 11 is 4.00. The van der Waals surface area contributed by atoms with Gasteiger partial charge in [0.2, 0.25) is 0 Å². The summed E-state index contributed by atoms with van der Waals surface area (Å²) in [5.41, 5.74) is 6.69. The van der Waals surface area contributed by atoms with Crippen LogP contribution in [0.5, 0.6) is 11.5 Å². The van der Waals surface area contributed by atoms with Gasteiger partial charge in [-0.2, -0.15) is 13.2 Å². The average Bonchev–Trinajstić information content (AvgIpc) is 1.81. The predicted molar refractivity (Wildman–Crippen MR) is 335 cm³/mol. The number of benzene rings is 6. The van der Waals surface area contributed by atoms with Crippen molar-refractivity contribution < 1.29 is 36.6 Å². The Labute approximate surface area is 504 Å². The Bertz CT molecular complexity index is 3510. The monoisotopic (exact) mass is 1200 g/mol. The van der Waals surface area contributed by atoms with E-state index >= 15 is 0 Å². The standard InChI is InChI=1S/C75H83BrF4O4/c1-9-10-40-82-55-27-21-51(22-28-55)74(50-19-25-54(77)26-20-50)39-35-59-69-67(57-29-24-53(75(78,79)80)44-60(57)70(59)84-74)61-41-49(42-65(76)68(61)71(69,5)6)48-17-14-47(15-18-48)16-33-66(81)83-56-34-37-72(7)52(43-56)23-30-58-63-32-31-62(46(4)13-11-12-45(2)3)73(63,8)38-36-64(58)72/h14-15,17-30,35,39,41-42,44-46,52,56,58,62-64H,9-13,16,31-34,36-38,40,43H2,1-8H3. The number of rotatable bonds is 16. The molecule has 0 aromatic heterocycles. The SMILES string of the molecule is CCCCOc1ccc(C2(c3ccc(F)cc3)C=Cc3c4c(c5ccc(C(F)(F)F)cc5c3O2)-c2cc(-c3ccc(CCC(=O)OC5CCC6(C)C(C=CC7C6CCC6(C)C(C(C)CCCC(C)C)CCC76)C5)cc3)cc(Br)c2C4(C)C)cc1. The van der Waals surface area contributed by atoms with Gasteiger partial charge in [-0.15, -0.1) is 0 Å². The molecule has 1 heterocycles. The number of fused-ring (bicyclic) bond motifs is 13. The number of carbonyl (C=O) groups excluding carboxylic acids is 1. The molecule has 0 spiro atoms. The summed E-state index contributed by atoms with van der Waals surface area (Å²) in [6.07, 6.45) is 19.7. The smallest absolute Gasteiger partial charge is 0.416 e. The molecule has 0 N–H and O–H groups in total. The van der Waals surface area contributed by atoms with Gasteiger partial charge in [0, 0.05) is 38.4 Å². The minimum atomic E-state index is -4.62. The minimum Gasteiger partial charge on any atom is -0.494 e. The summed E-state index contributed by atoms with van der Waals surface area (Å²) in [4.78, 5) is 13.6. The van der Waals surface area contributed by atoms with Gasteiger partial charge in [-0.3, -0.25) is 4.79 Å². The molecule has 6 aromatic carbocycles. The van der Waals surface area contributed by atoms with Crippen LogP contribution in [0.15, 0.2) is 126 Å². The first-order chi connectivity index (χ1) is 40.1. The van der Waals surface area contributed by atoms with Gasteiger partial charge in [0.25, 0.3) is 0 Å². The van der Waals surface area contributed by atoms with Crippen molar-refractivity contribution in [1.82, 2.24) is 0 Å². The van der Waals surface area contributed by atoms with Crippen molar-refractivity contribution in [2.45, 2.75) is 169 Å². The molecule has 6 aliphatic rings. The maximum atomic E-state index is 14.8. The summed E-state index contributed by atoms with van der Waals surface area (Å²) in [5.74, 6) is 5.46. The lowest BCUT2D eigenvalue weighted by Crippen LogP contribution is -2.52. The van der Waals surface area contributed by atoms with Crippen LogP contribution >= 0.6 is 15.9 Å². The molecule has 442 valence electrons. The van der Waals surface area contributed by atoms with Crippen LogP contribution in [-0.2, 0) is 33.1 Å². The zero-order chi connectivity index (χ0) is 59.1. The van der Waals surface area contributed by atoms with Gasteiger partial charge in [-0.05, 0) is 209 Å². The van der Waals surface area contributed by atoms with Gasteiger partial charge in [-0.25, -0.2) is 4.39 Å². The zero-order valence-corrected chi connectivity index (χ0v) is 52.0. The van der Waals surface area contributed by atoms with E-state index in [4.69, 9.17) is 14.2 Å². The molecule has 5 aliphatic carbocycles. The molecular weight excluding hydrogens is 1120 g/mol. The van der Waals surface area contributed by atoms with Crippen LogP contribution in [0.4, 0.5) is 17.6 Å². The van der Waals surface area contributed by atoms with Crippen molar-refractivity contribution >= 4 is 38.7 Å². The third-order valence-corrected chi connectivity index (χ3v) is 22.4. The largest absolute Gasteiger partial charge is 0.494 e. The lowest BCUT2D eigenvalue weighted by atomic mass is 9.46. The highest BCUT2D eigenvalue weighted by Gasteiger charge is 2.60. The predicted octanol–water partition coefficient (Wildman–Crippen LogP) is 21.0. The molecule has 3 fully saturated rings. The Morgan fingerprint density at radius 3 is 2.19 bits per heavy atom. The van der Waals surface area contributed by atoms with E-state index in [0.717, 1.165) is 105 Å². The number of hydrogen-bond donors (Lipinski definition) is 0. The second-order valence-electron chi connectivity index (χ2n) is 27.6. The Hall–Kier alpha value is -5.67. The highest BCUT2D eigenvalue weighted by atomic mass is 79.9. The summed E-state index contributed by atoms with van der Waals surface area (Å²) in [5, 5.41) is 0.963. The molecule has 0 radical (unpaired) electrons. The molecule has 10 unspecified atom stereocenters. The fourth-order valence-electron chi connectivity index (χ4n) is 17.4. The first kappa shape index (κ1) is 58.7. The molecule has 0 saturated heterocycles. The number of aryl methyl sites for hydroxylation is 1. The van der Waals surface area contributed by atoms with Gasteiger partial charge in [0.15, 0.2) is 5.60 Å². The summed E-state index contributed by atoms with van der Waals surface area (Å²) in [6, 6.07) is 30.2. The summed E-state index contributed by atoms with van der Waals surface area (Å²) in [6.45, 7) is 19.5. The maximum absolute atomic E-state index is 14.8. The van der Waals surface area contributed by atoms with E-state index < -0.39 is 28.6 Å². The van der Waals surface area contributed by atoms with Crippen molar-refractivity contribution in [3.05, 3.63) is 171 Å². The highest BCUT2D eigenvalue weighted by Crippen LogP contribution is 2.68. The maximum Gasteiger partial charge on any atom is 0.416 e. The Balaban J connectivity index is 0.770. The number of halogens is 5. The lowest BCUT2D eigenvalue weighted by molar-refractivity contribution is -0.155. The second kappa shape index (κ2) is 22.6. The summed E-state index contributed by atoms with van der Waals surface area (Å²) < 4.78 is 79.5. The van der Waals surface area contributed by atoms with E-state index in [1.807, 2.05) is 36.4 Å². The normalized spacial score (nSPS) is 27.5. The van der Waals surface area contributed by atoms with Crippen molar-refractivity contribution in [2.75, 3.05) is 6.61 Å². The molecule has 0 bridgehead atoms. The van der Waals surface area contributed by atoms with E-state index in [1.54, 1.807) is 18.2 Å². The van der Waals surface area contributed by atoms with Gasteiger partial charge >= 0.3 is 12.1 Å². The molecule has 12 rings (SSSR count). The lowest BCUT2D eigenvalue weighted by Gasteiger charge is -2.59. The molecule has 1 aliphatic heterocycles. The van der Waals surface area contributed by atoms with E-state index in [2.05, 4.69) is 120 Å². The van der Waals surface area contributed by atoms with Gasteiger partial charge < -0.3 is 14.2 Å². The highest BCUT2D eigenvalue weighted by molar-refractivity contribution is 9.10. The number of allylic oxidation sites excluding steroid dienone is 2. The van der Waals surface area contributed by atoms with Crippen molar-refractivity contribution in [3.63, 3.8) is 0 Å². The van der Waals surface area contributed by atoms with Gasteiger partial charge in [0.05, 0.1) is 12.2 Å². The van der Waals surface area contributed by atoms with Crippen LogP contribution < -0.4 is 9.47 Å². The number of carbonyl (C=O) groups is 1. The first-order valence-electron chi connectivity index (χ1n) is 31.5. The van der Waals surface area contributed by atoms with Crippen LogP contribution in [0, 0.1) is 58.1 Å². The quantitative estimate of drug-likeness (QED) is 0.0419. The average molecular weight is 1200 g/mol. The first-order valence-corrected chi connectivity index (χ1v) is 32.3. The van der Waals surface area contributed by atoms with Crippen LogP contribution in [0.3, 0.4) is 0 Å². The molecule has 84 heavy (non-hydrogen) atoms. The van der Waals surface area contributed by atoms with Crippen LogP contribution in [-0.4, -0.2) is 18.7 Å². The van der Waals surface area contributed by atoms with E-state index in [-0.39, 0.29) is 17.5 Å². The van der Waals surface area contributed by atoms with E-state index in [0.29, 0.717) is 81.6 Å². The van der Waals surface area contributed by atoms with Crippen LogP contribution in [0.25, 0.3) is 39.1 Å². The Kier molecular flexibility index (Phi) is 15.8. The Morgan fingerprint density at radius 2 is 1.48 bits per heavy atom. The number of esters is 1. The van der Waals surface area contributed by atoms with Crippen molar-refractivity contribution in [1.29, 1.82) is 0 Å². The molecular formula is C75H83BrF4O4. The third kappa shape index (κ3) is 10.4. The topological polar surface area (TPSA) is 44.8 Å². The van der Waals surface area contributed by atoms with Gasteiger partial charge in [0.1, 0.15) is 23.4 Å². The zero-order valence-electron chi connectivity index (χ0n) is 50.4. The van der Waals surface area contributed by atoms with Gasteiger partial charge in [-0.1, -0.05) is 170 Å². The molecule has 10 atom stereocenters. The molecule has 0 amide bonds. The van der Waals surface area contributed by atoms with Crippen LogP contribution in [0.2, 0.25) is 0 Å². The van der Waals surface area contributed by atoms with E-state index in [9.17, 15) is 22.4 Å². The molecule has 3 saturated carbocycles. The van der Waals surface area contributed by atoms with Crippen LogP contribution in [0.1, 0.15) is 178 Å². The minimum absolute atomic E-state index is 0.0597. The fourth-order valence-corrected chi connectivity index (χ4v) is 18.3. The fraction of sp³-hybridized carbons (Fsp3) is 0.480. The number of alkyl halides is 3. The Morgan fingerprint density at radius 1 is 0.762 bits per heavy atom. The molecule has 4 nitrogen and oxygen atoms in total. The summed E-state index contributed by atoms with van der Waals surface area (Å²) in [7, 11) is 0. The van der Waals surface area contributed by atoms with E-state index in [1.165, 1.54) is 63.1 Å². The number of unbranched alkanes of at least 4 members (excludes halogenated alkanes) is 1. The second-order valence-corrected chi connectivity index (χ2v) is 28.4. The van der Waals surface area contributed by atoms with Crippen molar-refractivity contribution in [2.24, 2.45) is 52.3 Å². The number of hydrogen-bond acceptors (Lipinski definition) is 4. The number of ether oxygens (including phenoxy) is 3.